The van der Waals surface area contributed by atoms with Crippen LogP contribution in [0, 0.1) is 0 Å². The van der Waals surface area contributed by atoms with Crippen molar-refractivity contribution in [2.45, 2.75) is 18.3 Å². The van der Waals surface area contributed by atoms with E-state index in [2.05, 4.69) is 0 Å². The van der Waals surface area contributed by atoms with E-state index in [1.165, 1.54) is 33.5 Å². The van der Waals surface area contributed by atoms with Crippen molar-refractivity contribution in [1.29, 1.82) is 0 Å². The van der Waals surface area contributed by atoms with Crippen LogP contribution in [0.15, 0.2) is 12.1 Å². The molecule has 20 heavy (non-hydrogen) atoms. The summed E-state index contributed by atoms with van der Waals surface area (Å²) in [6.45, 7) is 0. The fourth-order valence-corrected chi connectivity index (χ4v) is 1.69. The molecule has 1 aromatic carbocycles. The zero-order chi connectivity index (χ0) is 15.5. The molecule has 8 heteroatoms. The number of aliphatic hydroxyl groups excluding tert-OH is 1. The number of rotatable bonds is 5. The van der Waals surface area contributed by atoms with Crippen LogP contribution >= 0.6 is 0 Å². The average Bonchev–Trinajstić information content (AvgIpc) is 2.42. The van der Waals surface area contributed by atoms with E-state index < -0.39 is 18.3 Å². The second kappa shape index (κ2) is 6.19. The standard InChI is InChI=1S/C12H16F3NO4/c1-18-7-5-9(20-3)8(19-2)4-6(7)10(16)11(17)12(13,14)15/h4-5,10-11,17H,16H2,1-3H3/t10-,11-/m0/s1. The first-order chi connectivity index (χ1) is 9.26. The summed E-state index contributed by atoms with van der Waals surface area (Å²) in [5.41, 5.74) is 5.44. The third-order valence-electron chi connectivity index (χ3n) is 2.77. The molecule has 2 atom stereocenters. The SMILES string of the molecule is COc1cc(OC)c([C@H](N)[C@H](O)C(F)(F)F)cc1OC. The molecule has 0 aliphatic heterocycles. The number of hydrogen-bond acceptors (Lipinski definition) is 5. The third kappa shape index (κ3) is 3.26. The zero-order valence-corrected chi connectivity index (χ0v) is 11.2. The molecule has 0 heterocycles. The van der Waals surface area contributed by atoms with Crippen LogP contribution in [0.1, 0.15) is 11.6 Å². The zero-order valence-electron chi connectivity index (χ0n) is 11.2. The summed E-state index contributed by atoms with van der Waals surface area (Å²) in [4.78, 5) is 0. The Kier molecular flexibility index (Phi) is 5.07. The number of benzene rings is 1. The van der Waals surface area contributed by atoms with Crippen LogP contribution in [0.25, 0.3) is 0 Å². The summed E-state index contributed by atoms with van der Waals surface area (Å²) in [7, 11) is 3.98. The van der Waals surface area contributed by atoms with Crippen LogP contribution in [-0.4, -0.2) is 38.7 Å². The summed E-state index contributed by atoms with van der Waals surface area (Å²) < 4.78 is 52.5. The van der Waals surface area contributed by atoms with Crippen molar-refractivity contribution in [3.05, 3.63) is 17.7 Å². The van der Waals surface area contributed by atoms with Gasteiger partial charge in [-0.2, -0.15) is 13.2 Å². The second-order valence-electron chi connectivity index (χ2n) is 3.96. The number of aliphatic hydroxyl groups is 1. The lowest BCUT2D eigenvalue weighted by Gasteiger charge is -2.24. The molecule has 0 aliphatic rings. The average molecular weight is 295 g/mol. The van der Waals surface area contributed by atoms with E-state index in [-0.39, 0.29) is 22.8 Å². The Morgan fingerprint density at radius 3 is 1.85 bits per heavy atom. The van der Waals surface area contributed by atoms with E-state index >= 15 is 0 Å². The van der Waals surface area contributed by atoms with Crippen molar-refractivity contribution in [3.63, 3.8) is 0 Å². The Morgan fingerprint density at radius 2 is 1.45 bits per heavy atom. The highest BCUT2D eigenvalue weighted by Crippen LogP contribution is 2.39. The molecule has 0 saturated heterocycles. The Bertz CT molecular complexity index is 465. The van der Waals surface area contributed by atoms with Crippen LogP contribution in [0.2, 0.25) is 0 Å². The topological polar surface area (TPSA) is 73.9 Å². The molecule has 0 radical (unpaired) electrons. The van der Waals surface area contributed by atoms with Crippen LogP contribution in [-0.2, 0) is 0 Å². The van der Waals surface area contributed by atoms with E-state index in [0.717, 1.165) is 0 Å². The van der Waals surface area contributed by atoms with E-state index in [4.69, 9.17) is 19.9 Å². The molecule has 0 unspecified atom stereocenters. The van der Waals surface area contributed by atoms with Gasteiger partial charge in [-0.05, 0) is 6.07 Å². The van der Waals surface area contributed by atoms with Crippen LogP contribution < -0.4 is 19.9 Å². The van der Waals surface area contributed by atoms with Gasteiger partial charge in [0.15, 0.2) is 17.6 Å². The number of ether oxygens (including phenoxy) is 3. The first kappa shape index (κ1) is 16.4. The van der Waals surface area contributed by atoms with Gasteiger partial charge in [-0.25, -0.2) is 0 Å². The molecule has 0 aromatic heterocycles. The minimum absolute atomic E-state index is 0.0324. The highest BCUT2D eigenvalue weighted by Gasteiger charge is 2.43. The quantitative estimate of drug-likeness (QED) is 0.864. The predicted molar refractivity (Wildman–Crippen MR) is 65.1 cm³/mol. The van der Waals surface area contributed by atoms with E-state index in [9.17, 15) is 18.3 Å². The van der Waals surface area contributed by atoms with Gasteiger partial charge in [-0.3, -0.25) is 0 Å². The molecule has 5 nitrogen and oxygen atoms in total. The molecular formula is C12H16F3NO4. The molecular weight excluding hydrogens is 279 g/mol. The lowest BCUT2D eigenvalue weighted by Crippen LogP contribution is -2.39. The summed E-state index contributed by atoms with van der Waals surface area (Å²) in [5.74, 6) is 0.536. The Morgan fingerprint density at radius 1 is 1.00 bits per heavy atom. The molecule has 0 spiro atoms. The number of methoxy groups -OCH3 is 3. The largest absolute Gasteiger partial charge is 0.496 e. The smallest absolute Gasteiger partial charge is 0.416 e. The summed E-state index contributed by atoms with van der Waals surface area (Å²) >= 11 is 0. The van der Waals surface area contributed by atoms with Crippen molar-refractivity contribution in [2.24, 2.45) is 5.73 Å². The van der Waals surface area contributed by atoms with E-state index in [1.54, 1.807) is 0 Å². The molecule has 1 rings (SSSR count). The number of nitrogens with two attached hydrogens (primary N) is 1. The van der Waals surface area contributed by atoms with Gasteiger partial charge in [-0.15, -0.1) is 0 Å². The molecule has 114 valence electrons. The van der Waals surface area contributed by atoms with Gasteiger partial charge in [0.1, 0.15) is 5.75 Å². The van der Waals surface area contributed by atoms with Gasteiger partial charge < -0.3 is 25.1 Å². The summed E-state index contributed by atoms with van der Waals surface area (Å²) in [5, 5.41) is 9.24. The van der Waals surface area contributed by atoms with Gasteiger partial charge in [0, 0.05) is 11.6 Å². The van der Waals surface area contributed by atoms with Crippen molar-refractivity contribution in [3.8, 4) is 17.2 Å². The van der Waals surface area contributed by atoms with Gasteiger partial charge in [0.25, 0.3) is 0 Å². The number of hydrogen-bond donors (Lipinski definition) is 2. The Hall–Kier alpha value is -1.67. The van der Waals surface area contributed by atoms with Crippen LogP contribution in [0.5, 0.6) is 17.2 Å². The molecule has 0 bridgehead atoms. The van der Waals surface area contributed by atoms with E-state index in [1.807, 2.05) is 0 Å². The Balaban J connectivity index is 3.29. The third-order valence-corrected chi connectivity index (χ3v) is 2.77. The Labute approximate surface area is 114 Å². The maximum absolute atomic E-state index is 12.5. The van der Waals surface area contributed by atoms with Crippen molar-refractivity contribution < 1.29 is 32.5 Å². The normalized spacial score (nSPS) is 14.6. The van der Waals surface area contributed by atoms with Crippen LogP contribution in [0.4, 0.5) is 13.2 Å². The molecule has 3 N–H and O–H groups in total. The lowest BCUT2D eigenvalue weighted by atomic mass is 10.00. The van der Waals surface area contributed by atoms with Crippen molar-refractivity contribution >= 4 is 0 Å². The minimum atomic E-state index is -4.84. The molecule has 0 saturated carbocycles. The molecule has 0 amide bonds. The van der Waals surface area contributed by atoms with Gasteiger partial charge >= 0.3 is 6.18 Å². The highest BCUT2D eigenvalue weighted by atomic mass is 19.4. The minimum Gasteiger partial charge on any atom is -0.496 e. The maximum Gasteiger partial charge on any atom is 0.416 e. The maximum atomic E-state index is 12.5. The predicted octanol–water partition coefficient (Wildman–Crippen LogP) is 1.64. The summed E-state index contributed by atoms with van der Waals surface area (Å²) in [6, 6.07) is 0.888. The fourth-order valence-electron chi connectivity index (χ4n) is 1.69. The first-order valence-corrected chi connectivity index (χ1v) is 5.56. The molecule has 0 aliphatic carbocycles. The number of halogens is 3. The van der Waals surface area contributed by atoms with Crippen molar-refractivity contribution in [1.82, 2.24) is 0 Å². The second-order valence-corrected chi connectivity index (χ2v) is 3.96. The van der Waals surface area contributed by atoms with E-state index in [0.29, 0.717) is 0 Å². The van der Waals surface area contributed by atoms with Crippen LogP contribution in [0.3, 0.4) is 0 Å². The lowest BCUT2D eigenvalue weighted by molar-refractivity contribution is -0.210. The van der Waals surface area contributed by atoms with Gasteiger partial charge in [0.2, 0.25) is 0 Å². The number of alkyl halides is 3. The molecule has 0 fully saturated rings. The first-order valence-electron chi connectivity index (χ1n) is 5.56. The highest BCUT2D eigenvalue weighted by molar-refractivity contribution is 5.52. The van der Waals surface area contributed by atoms with Crippen molar-refractivity contribution in [2.75, 3.05) is 21.3 Å². The monoisotopic (exact) mass is 295 g/mol. The van der Waals surface area contributed by atoms with Gasteiger partial charge in [0.05, 0.1) is 27.4 Å². The molecule has 1 aromatic rings. The summed E-state index contributed by atoms with van der Waals surface area (Å²) in [6.07, 6.45) is -7.55. The van der Waals surface area contributed by atoms with Gasteiger partial charge in [-0.1, -0.05) is 0 Å². The fraction of sp³-hybridized carbons (Fsp3) is 0.500.